The average molecular weight is 275 g/mol. The van der Waals surface area contributed by atoms with Crippen molar-refractivity contribution < 1.29 is 9.59 Å². The van der Waals surface area contributed by atoms with E-state index in [1.54, 1.807) is 24.4 Å². The molecule has 2 aromatic heterocycles. The summed E-state index contributed by atoms with van der Waals surface area (Å²) in [7, 11) is 0. The smallest absolute Gasteiger partial charge is 0.335 e. The summed E-state index contributed by atoms with van der Waals surface area (Å²) in [4.78, 5) is 35.0. The number of amides is 3. The number of pyridine rings is 1. The van der Waals surface area contributed by atoms with Crippen LogP contribution in [0, 0.1) is 0 Å². The molecule has 8 nitrogen and oxygen atoms in total. The van der Waals surface area contributed by atoms with Crippen molar-refractivity contribution in [3.05, 3.63) is 34.9 Å². The molecular weight excluding hydrogens is 262 g/mol. The van der Waals surface area contributed by atoms with Crippen LogP contribution in [0.2, 0.25) is 0 Å². The number of fused-ring (bicyclic) bond motifs is 1. The highest BCUT2D eigenvalue weighted by Gasteiger charge is 2.24. The number of nitrogens with one attached hydrogen (secondary N) is 2. The van der Waals surface area contributed by atoms with Gasteiger partial charge in [-0.3, -0.25) is 14.5 Å². The first kappa shape index (κ1) is 12.4. The Morgan fingerprint density at radius 3 is 2.85 bits per heavy atom. The van der Waals surface area contributed by atoms with Crippen molar-refractivity contribution in [2.24, 2.45) is 0 Å². The molecule has 1 aliphatic carbocycles. The predicted octanol–water partition coefficient (Wildman–Crippen LogP) is -0.516. The number of carbonyl (C=O) groups is 2. The van der Waals surface area contributed by atoms with Gasteiger partial charge in [0.2, 0.25) is 5.91 Å². The van der Waals surface area contributed by atoms with E-state index in [1.165, 1.54) is 4.40 Å². The van der Waals surface area contributed by atoms with Gasteiger partial charge in [0.05, 0.1) is 0 Å². The van der Waals surface area contributed by atoms with Crippen LogP contribution in [0.15, 0.2) is 29.2 Å². The number of nitrogens with zero attached hydrogens (tertiary/aromatic N) is 3. The van der Waals surface area contributed by atoms with Crippen LogP contribution in [-0.2, 0) is 11.3 Å². The average Bonchev–Trinajstić information content (AvgIpc) is 3.16. The molecule has 20 heavy (non-hydrogen) atoms. The highest BCUT2D eigenvalue weighted by molar-refractivity contribution is 5.94. The number of rotatable bonds is 3. The molecule has 0 spiro atoms. The number of imide groups is 1. The molecule has 2 aromatic rings. The molecule has 0 radical (unpaired) electrons. The van der Waals surface area contributed by atoms with Gasteiger partial charge < -0.3 is 5.32 Å². The van der Waals surface area contributed by atoms with E-state index >= 15 is 0 Å². The van der Waals surface area contributed by atoms with Gasteiger partial charge in [0.1, 0.15) is 6.54 Å². The van der Waals surface area contributed by atoms with E-state index in [0.717, 1.165) is 17.5 Å². The number of hydrogen-bond donors (Lipinski definition) is 2. The molecule has 0 unspecified atom stereocenters. The zero-order chi connectivity index (χ0) is 14.1. The second kappa shape index (κ2) is 4.80. The summed E-state index contributed by atoms with van der Waals surface area (Å²) in [6, 6.07) is 4.74. The zero-order valence-corrected chi connectivity index (χ0v) is 10.6. The summed E-state index contributed by atoms with van der Waals surface area (Å²) in [6.07, 6.45) is 3.44. The lowest BCUT2D eigenvalue weighted by molar-refractivity contribution is -0.120. The largest absolute Gasteiger partial charge is 0.350 e. The quantitative estimate of drug-likeness (QED) is 0.788. The van der Waals surface area contributed by atoms with E-state index in [2.05, 4.69) is 15.7 Å². The standard InChI is InChI=1S/C12H13N5O3/c18-10(14-11(19)13-8-4-5-8)7-17-12(20)16-6-2-1-3-9(16)15-17/h1-3,6,8H,4-5,7H2,(H2,13,14,18,19). The Hall–Kier alpha value is -2.64. The Kier molecular flexibility index (Phi) is 2.97. The second-order valence-corrected chi connectivity index (χ2v) is 4.66. The van der Waals surface area contributed by atoms with Gasteiger partial charge in [-0.2, -0.15) is 0 Å². The van der Waals surface area contributed by atoms with Gasteiger partial charge in [-0.05, 0) is 25.0 Å². The Bertz CT molecular complexity index is 728. The second-order valence-electron chi connectivity index (χ2n) is 4.66. The first-order chi connectivity index (χ1) is 9.63. The van der Waals surface area contributed by atoms with Crippen molar-refractivity contribution in [2.45, 2.75) is 25.4 Å². The molecule has 3 amide bonds. The minimum Gasteiger partial charge on any atom is -0.335 e. The van der Waals surface area contributed by atoms with Gasteiger partial charge >= 0.3 is 11.7 Å². The molecule has 0 atom stereocenters. The summed E-state index contributed by atoms with van der Waals surface area (Å²) in [5.74, 6) is -0.575. The Labute approximate surface area is 113 Å². The number of aromatic nitrogens is 3. The Morgan fingerprint density at radius 2 is 2.15 bits per heavy atom. The third-order valence-electron chi connectivity index (χ3n) is 2.95. The van der Waals surface area contributed by atoms with Crippen molar-refractivity contribution in [3.8, 4) is 0 Å². The SMILES string of the molecule is O=C(Cn1nc2ccccn2c1=O)NC(=O)NC1CC1. The molecule has 3 rings (SSSR count). The first-order valence-electron chi connectivity index (χ1n) is 6.28. The first-order valence-corrected chi connectivity index (χ1v) is 6.28. The van der Waals surface area contributed by atoms with E-state index in [0.29, 0.717) is 5.65 Å². The number of urea groups is 1. The van der Waals surface area contributed by atoms with Gasteiger partial charge in [-0.15, -0.1) is 5.10 Å². The highest BCUT2D eigenvalue weighted by Crippen LogP contribution is 2.18. The number of hydrogen-bond acceptors (Lipinski definition) is 4. The predicted molar refractivity (Wildman–Crippen MR) is 69.1 cm³/mol. The molecule has 0 bridgehead atoms. The lowest BCUT2D eigenvalue weighted by atomic mass is 10.5. The summed E-state index contributed by atoms with van der Waals surface area (Å²) in [5.41, 5.74) is 0.0334. The van der Waals surface area contributed by atoms with E-state index in [-0.39, 0.29) is 12.6 Å². The molecular formula is C12H13N5O3. The third kappa shape index (κ3) is 2.53. The van der Waals surface area contributed by atoms with Crippen LogP contribution < -0.4 is 16.3 Å². The van der Waals surface area contributed by atoms with Crippen molar-refractivity contribution in [3.63, 3.8) is 0 Å². The van der Waals surface area contributed by atoms with Gasteiger partial charge in [-0.1, -0.05) is 6.07 Å². The van der Waals surface area contributed by atoms with E-state index in [4.69, 9.17) is 0 Å². The van der Waals surface area contributed by atoms with Crippen LogP contribution in [0.3, 0.4) is 0 Å². The summed E-state index contributed by atoms with van der Waals surface area (Å²) >= 11 is 0. The minimum atomic E-state index is -0.575. The Balaban J connectivity index is 1.69. The molecule has 8 heteroatoms. The molecule has 1 fully saturated rings. The molecule has 1 saturated carbocycles. The molecule has 0 aromatic carbocycles. The monoisotopic (exact) mass is 275 g/mol. The molecule has 0 saturated heterocycles. The summed E-state index contributed by atoms with van der Waals surface area (Å²) < 4.78 is 2.35. The molecule has 2 heterocycles. The maximum Gasteiger partial charge on any atom is 0.350 e. The maximum atomic E-state index is 11.9. The summed E-state index contributed by atoms with van der Waals surface area (Å²) in [6.45, 7) is -0.293. The number of carbonyl (C=O) groups excluding carboxylic acids is 2. The van der Waals surface area contributed by atoms with Gasteiger partial charge in [0.15, 0.2) is 5.65 Å². The van der Waals surface area contributed by atoms with Crippen LogP contribution in [0.4, 0.5) is 4.79 Å². The van der Waals surface area contributed by atoms with Gasteiger partial charge in [-0.25, -0.2) is 14.3 Å². The zero-order valence-electron chi connectivity index (χ0n) is 10.6. The Morgan fingerprint density at radius 1 is 1.35 bits per heavy atom. The van der Waals surface area contributed by atoms with Crippen LogP contribution in [0.5, 0.6) is 0 Å². The highest BCUT2D eigenvalue weighted by atomic mass is 16.2. The van der Waals surface area contributed by atoms with Crippen LogP contribution in [0.1, 0.15) is 12.8 Å². The topological polar surface area (TPSA) is 97.5 Å². The van der Waals surface area contributed by atoms with Crippen LogP contribution >= 0.6 is 0 Å². The fraction of sp³-hybridized carbons (Fsp3) is 0.333. The molecule has 1 aliphatic rings. The van der Waals surface area contributed by atoms with E-state index < -0.39 is 17.6 Å². The minimum absolute atomic E-state index is 0.167. The van der Waals surface area contributed by atoms with E-state index in [1.807, 2.05) is 0 Å². The van der Waals surface area contributed by atoms with Gasteiger partial charge in [0, 0.05) is 12.2 Å². The normalized spacial score (nSPS) is 14.2. The maximum absolute atomic E-state index is 11.9. The molecule has 0 aliphatic heterocycles. The molecule has 104 valence electrons. The van der Waals surface area contributed by atoms with E-state index in [9.17, 15) is 14.4 Å². The van der Waals surface area contributed by atoms with Crippen LogP contribution in [-0.4, -0.2) is 32.2 Å². The van der Waals surface area contributed by atoms with Crippen molar-refractivity contribution in [1.82, 2.24) is 24.8 Å². The van der Waals surface area contributed by atoms with Crippen molar-refractivity contribution >= 4 is 17.6 Å². The fourth-order valence-corrected chi connectivity index (χ4v) is 1.82. The van der Waals surface area contributed by atoms with Crippen molar-refractivity contribution in [1.29, 1.82) is 0 Å². The third-order valence-corrected chi connectivity index (χ3v) is 2.95. The fourth-order valence-electron chi connectivity index (χ4n) is 1.82. The summed E-state index contributed by atoms with van der Waals surface area (Å²) in [5, 5.41) is 8.81. The van der Waals surface area contributed by atoms with Crippen LogP contribution in [0.25, 0.3) is 5.65 Å². The van der Waals surface area contributed by atoms with Crippen molar-refractivity contribution in [2.75, 3.05) is 0 Å². The lowest BCUT2D eigenvalue weighted by Crippen LogP contribution is -2.43. The lowest BCUT2D eigenvalue weighted by Gasteiger charge is -2.04. The molecule has 2 N–H and O–H groups in total. The van der Waals surface area contributed by atoms with Gasteiger partial charge in [0.25, 0.3) is 0 Å².